The number of para-hydroxylation sites is 1. The lowest BCUT2D eigenvalue weighted by atomic mass is 9.93. The third kappa shape index (κ3) is 4.56. The fraction of sp³-hybridized carbons (Fsp3) is 0.258. The van der Waals surface area contributed by atoms with Crippen molar-refractivity contribution in [2.75, 3.05) is 12.3 Å². The van der Waals surface area contributed by atoms with Crippen molar-refractivity contribution in [2.45, 2.75) is 45.3 Å². The van der Waals surface area contributed by atoms with Crippen LogP contribution in [0.15, 0.2) is 72.9 Å². The Hall–Kier alpha value is -4.39. The van der Waals surface area contributed by atoms with Crippen LogP contribution in [-0.2, 0) is 22.6 Å². The molecule has 1 fully saturated rings. The first kappa shape index (κ1) is 24.0. The number of ether oxygens (including phenoxy) is 2. The van der Waals surface area contributed by atoms with E-state index in [1.807, 2.05) is 37.3 Å². The zero-order chi connectivity index (χ0) is 26.1. The quantitative estimate of drug-likeness (QED) is 0.250. The van der Waals surface area contributed by atoms with Gasteiger partial charge in [0.2, 0.25) is 0 Å². The van der Waals surface area contributed by atoms with Gasteiger partial charge < -0.3 is 15.2 Å². The summed E-state index contributed by atoms with van der Waals surface area (Å²) < 4.78 is 13.6. The second-order valence-electron chi connectivity index (χ2n) is 9.72. The smallest absolute Gasteiger partial charge is 0.310 e. The van der Waals surface area contributed by atoms with E-state index in [2.05, 4.69) is 46.1 Å². The van der Waals surface area contributed by atoms with E-state index in [0.717, 1.165) is 56.9 Å². The molecule has 0 aliphatic heterocycles. The zero-order valence-corrected chi connectivity index (χ0v) is 21.4. The minimum absolute atomic E-state index is 0.172. The first-order valence-corrected chi connectivity index (χ1v) is 13.1. The largest absolute Gasteiger partial charge is 0.487 e. The molecule has 6 rings (SSSR count). The Balaban J connectivity index is 1.35. The fourth-order valence-corrected chi connectivity index (χ4v) is 5.08. The number of nitrogen functional groups attached to an aromatic ring is 1. The molecule has 192 valence electrons. The van der Waals surface area contributed by atoms with Crippen LogP contribution < -0.4 is 10.5 Å². The number of fused-ring (bicyclic) bond motifs is 2. The minimum atomic E-state index is -0.265. The monoisotopic (exact) mass is 506 g/mol. The van der Waals surface area contributed by atoms with Crippen LogP contribution >= 0.6 is 0 Å². The molecule has 7 heteroatoms. The molecule has 5 aromatic rings. The van der Waals surface area contributed by atoms with Crippen LogP contribution in [0.25, 0.3) is 32.8 Å². The summed E-state index contributed by atoms with van der Waals surface area (Å²) in [6.07, 6.45) is 5.40. The second kappa shape index (κ2) is 10.2. The van der Waals surface area contributed by atoms with Crippen molar-refractivity contribution in [3.63, 3.8) is 0 Å². The number of aromatic nitrogens is 3. The van der Waals surface area contributed by atoms with Crippen molar-refractivity contribution in [3.05, 3.63) is 84.2 Å². The van der Waals surface area contributed by atoms with Gasteiger partial charge in [0.05, 0.1) is 24.6 Å². The second-order valence-corrected chi connectivity index (χ2v) is 9.72. The number of pyridine rings is 1. The van der Waals surface area contributed by atoms with E-state index >= 15 is 0 Å². The van der Waals surface area contributed by atoms with Crippen LogP contribution in [0.2, 0.25) is 0 Å². The number of esters is 1. The van der Waals surface area contributed by atoms with Crippen LogP contribution in [-0.4, -0.2) is 27.3 Å². The molecule has 0 amide bonds. The topological polar surface area (TPSA) is 92.3 Å². The van der Waals surface area contributed by atoms with Gasteiger partial charge in [-0.05, 0) is 73.0 Å². The van der Waals surface area contributed by atoms with Crippen molar-refractivity contribution in [2.24, 2.45) is 0 Å². The molecule has 38 heavy (non-hydrogen) atoms. The molecule has 0 unspecified atom stereocenters. The average Bonchev–Trinajstić information content (AvgIpc) is 3.24. The van der Waals surface area contributed by atoms with Gasteiger partial charge in [-0.1, -0.05) is 36.4 Å². The van der Waals surface area contributed by atoms with Crippen LogP contribution in [0, 0.1) is 0 Å². The molecular formula is C31H30N4O3. The maximum atomic E-state index is 12.1. The number of anilines is 1. The Morgan fingerprint density at radius 3 is 2.61 bits per heavy atom. The molecule has 3 aromatic carbocycles. The molecule has 0 atom stereocenters. The number of hydrogen-bond acceptors (Lipinski definition) is 6. The van der Waals surface area contributed by atoms with Crippen LogP contribution in [0.3, 0.4) is 0 Å². The molecule has 2 aromatic heterocycles. The van der Waals surface area contributed by atoms with Crippen molar-refractivity contribution >= 4 is 33.5 Å². The maximum absolute atomic E-state index is 12.1. The van der Waals surface area contributed by atoms with E-state index in [4.69, 9.17) is 20.3 Å². The number of nitrogens with two attached hydrogens (primary N) is 1. The van der Waals surface area contributed by atoms with Gasteiger partial charge in [-0.3, -0.25) is 9.48 Å². The highest BCUT2D eigenvalue weighted by atomic mass is 16.5. The number of carbonyl (C=O) groups is 1. The third-order valence-electron chi connectivity index (χ3n) is 7.31. The standard InChI is InChI=1S/C31H30N4O3/c1-2-37-30(36)18-23-6-3-4-9-29(23)38-19-27-26-17-22(12-13-28(26)35(34-27)24-7-5-8-24)21-11-10-20-14-15-33-31(32)25(20)16-21/h3-4,6,9-17,24H,2,5,7-8,18-19H2,1H3,(H2,32,33). The van der Waals surface area contributed by atoms with Crippen molar-refractivity contribution in [1.29, 1.82) is 0 Å². The van der Waals surface area contributed by atoms with Crippen molar-refractivity contribution in [1.82, 2.24) is 14.8 Å². The predicted molar refractivity (Wildman–Crippen MR) is 149 cm³/mol. The maximum Gasteiger partial charge on any atom is 0.310 e. The van der Waals surface area contributed by atoms with Crippen molar-refractivity contribution < 1.29 is 14.3 Å². The van der Waals surface area contributed by atoms with Gasteiger partial charge in [0.1, 0.15) is 23.9 Å². The molecule has 1 saturated carbocycles. The summed E-state index contributed by atoms with van der Waals surface area (Å²) >= 11 is 0. The summed E-state index contributed by atoms with van der Waals surface area (Å²) in [5.74, 6) is 0.929. The number of nitrogens with zero attached hydrogens (tertiary/aromatic N) is 3. The van der Waals surface area contributed by atoms with E-state index in [0.29, 0.717) is 30.8 Å². The van der Waals surface area contributed by atoms with Gasteiger partial charge in [-0.2, -0.15) is 5.10 Å². The first-order chi connectivity index (χ1) is 18.6. The summed E-state index contributed by atoms with van der Waals surface area (Å²) in [6, 6.07) is 22.8. The Bertz CT molecular complexity index is 1640. The highest BCUT2D eigenvalue weighted by Gasteiger charge is 2.24. The molecular weight excluding hydrogens is 476 g/mol. The molecule has 1 aliphatic rings. The molecule has 0 bridgehead atoms. The highest BCUT2D eigenvalue weighted by Crippen LogP contribution is 2.37. The Morgan fingerprint density at radius 2 is 1.82 bits per heavy atom. The summed E-state index contributed by atoms with van der Waals surface area (Å²) in [7, 11) is 0. The van der Waals surface area contributed by atoms with Gasteiger partial charge >= 0.3 is 5.97 Å². The Kier molecular flexibility index (Phi) is 6.42. The van der Waals surface area contributed by atoms with Crippen LogP contribution in [0.4, 0.5) is 5.82 Å². The lowest BCUT2D eigenvalue weighted by Gasteiger charge is -2.26. The van der Waals surface area contributed by atoms with E-state index in [1.54, 1.807) is 6.20 Å². The molecule has 0 spiro atoms. The first-order valence-electron chi connectivity index (χ1n) is 13.1. The third-order valence-corrected chi connectivity index (χ3v) is 7.31. The normalized spacial score (nSPS) is 13.5. The Morgan fingerprint density at radius 1 is 1.03 bits per heavy atom. The Labute approximate surface area is 221 Å². The lowest BCUT2D eigenvalue weighted by molar-refractivity contribution is -0.142. The predicted octanol–water partition coefficient (Wildman–Crippen LogP) is 6.24. The van der Waals surface area contributed by atoms with E-state index in [1.165, 1.54) is 6.42 Å². The van der Waals surface area contributed by atoms with Crippen molar-refractivity contribution in [3.8, 4) is 16.9 Å². The molecule has 2 heterocycles. The minimum Gasteiger partial charge on any atom is -0.487 e. The van der Waals surface area contributed by atoms with Gasteiger partial charge in [-0.25, -0.2) is 4.98 Å². The fourth-order valence-electron chi connectivity index (χ4n) is 5.08. The molecule has 1 aliphatic carbocycles. The zero-order valence-electron chi connectivity index (χ0n) is 21.4. The average molecular weight is 507 g/mol. The summed E-state index contributed by atoms with van der Waals surface area (Å²) in [4.78, 5) is 16.4. The van der Waals surface area contributed by atoms with Crippen LogP contribution in [0.5, 0.6) is 5.75 Å². The molecule has 0 saturated heterocycles. The lowest BCUT2D eigenvalue weighted by Crippen LogP contribution is -2.18. The number of carbonyl (C=O) groups excluding carboxylic acids is 1. The van der Waals surface area contributed by atoms with Crippen LogP contribution in [0.1, 0.15) is 43.5 Å². The number of hydrogen-bond donors (Lipinski definition) is 1. The number of rotatable bonds is 8. The van der Waals surface area contributed by atoms with Gasteiger partial charge in [0, 0.05) is 22.5 Å². The molecule has 2 N–H and O–H groups in total. The summed E-state index contributed by atoms with van der Waals surface area (Å²) in [5, 5.41) is 8.09. The highest BCUT2D eigenvalue weighted by molar-refractivity contribution is 5.95. The SMILES string of the molecule is CCOC(=O)Cc1ccccc1OCc1nn(C2CCC2)c2ccc(-c3ccc4ccnc(N)c4c3)cc12. The van der Waals surface area contributed by atoms with E-state index in [9.17, 15) is 4.79 Å². The summed E-state index contributed by atoms with van der Waals surface area (Å²) in [5.41, 5.74) is 11.1. The molecule has 0 radical (unpaired) electrons. The van der Waals surface area contributed by atoms with Gasteiger partial charge in [-0.15, -0.1) is 0 Å². The number of benzene rings is 3. The van der Waals surface area contributed by atoms with Gasteiger partial charge in [0.15, 0.2) is 0 Å². The molecule has 7 nitrogen and oxygen atoms in total. The van der Waals surface area contributed by atoms with E-state index in [-0.39, 0.29) is 12.4 Å². The summed E-state index contributed by atoms with van der Waals surface area (Å²) in [6.45, 7) is 2.46. The van der Waals surface area contributed by atoms with E-state index < -0.39 is 0 Å². The van der Waals surface area contributed by atoms with Gasteiger partial charge in [0.25, 0.3) is 0 Å².